The van der Waals surface area contributed by atoms with Crippen LogP contribution < -0.4 is 11.1 Å². The molecule has 2 aromatic carbocycles. The Hall–Kier alpha value is -2.20. The largest absolute Gasteiger partial charge is 0.413 e. The molecule has 1 heterocycles. The lowest BCUT2D eigenvalue weighted by Gasteiger charge is -2.19. The predicted octanol–water partition coefficient (Wildman–Crippen LogP) is 4.35. The van der Waals surface area contributed by atoms with Crippen molar-refractivity contribution in [3.05, 3.63) is 65.0 Å². The van der Waals surface area contributed by atoms with E-state index in [0.29, 0.717) is 16.3 Å². The van der Waals surface area contributed by atoms with Crippen molar-refractivity contribution in [2.45, 2.75) is 13.8 Å². The van der Waals surface area contributed by atoms with Crippen molar-refractivity contribution in [2.24, 2.45) is 0 Å². The highest BCUT2D eigenvalue weighted by Gasteiger charge is 2.35. The monoisotopic (exact) mass is 358 g/mol. The van der Waals surface area contributed by atoms with Gasteiger partial charge >= 0.3 is 13.2 Å². The topological polar surface area (TPSA) is 65.7 Å². The molecule has 0 aliphatic rings. The Morgan fingerprint density at radius 1 is 0.880 bits per heavy atom. The number of benzene rings is 2. The van der Waals surface area contributed by atoms with Gasteiger partial charge in [0.1, 0.15) is 0 Å². The van der Waals surface area contributed by atoms with E-state index in [1.165, 1.54) is 0 Å². The van der Waals surface area contributed by atoms with Crippen LogP contribution in [0.4, 0.5) is 0 Å². The van der Waals surface area contributed by atoms with Crippen LogP contribution in [-0.4, -0.2) is 13.2 Å². The maximum absolute atomic E-state index is 13.3. The molecule has 130 valence electrons. The minimum Gasteiger partial charge on any atom is -0.413 e. The molecule has 0 saturated carbocycles. The van der Waals surface area contributed by atoms with Gasteiger partial charge in [0.25, 0.3) is 0 Å². The maximum atomic E-state index is 13.3. The van der Waals surface area contributed by atoms with E-state index in [4.69, 9.17) is 13.5 Å². The zero-order chi connectivity index (χ0) is 17.9. The van der Waals surface area contributed by atoms with Crippen molar-refractivity contribution in [2.75, 3.05) is 13.2 Å². The van der Waals surface area contributed by atoms with E-state index in [1.54, 1.807) is 32.0 Å². The number of fused-ring (bicyclic) bond motifs is 1. The smallest absolute Gasteiger partial charge is 0.397 e. The van der Waals surface area contributed by atoms with Gasteiger partial charge in [-0.2, -0.15) is 0 Å². The first-order valence-electron chi connectivity index (χ1n) is 8.11. The summed E-state index contributed by atoms with van der Waals surface area (Å²) in [5, 5.41) is 1.07. The summed E-state index contributed by atoms with van der Waals surface area (Å²) < 4.78 is 29.7. The molecular weight excluding hydrogens is 339 g/mol. The van der Waals surface area contributed by atoms with Crippen molar-refractivity contribution in [1.29, 1.82) is 0 Å². The average molecular weight is 358 g/mol. The molecular formula is C19H19O5P. The van der Waals surface area contributed by atoms with E-state index in [2.05, 4.69) is 0 Å². The fraction of sp³-hybridized carbons (Fsp3) is 0.211. The molecule has 0 atom stereocenters. The molecule has 25 heavy (non-hydrogen) atoms. The van der Waals surface area contributed by atoms with Crippen molar-refractivity contribution < 1.29 is 18.0 Å². The molecule has 5 nitrogen and oxygen atoms in total. The summed E-state index contributed by atoms with van der Waals surface area (Å²) in [6.45, 7) is 3.77. The van der Waals surface area contributed by atoms with E-state index in [-0.39, 0.29) is 18.7 Å². The van der Waals surface area contributed by atoms with Gasteiger partial charge in [-0.15, -0.1) is 0 Å². The van der Waals surface area contributed by atoms with Crippen molar-refractivity contribution in [1.82, 2.24) is 0 Å². The third-order valence-corrected chi connectivity index (χ3v) is 5.74. The molecule has 0 aliphatic carbocycles. The van der Waals surface area contributed by atoms with Crippen LogP contribution in [0.1, 0.15) is 13.8 Å². The van der Waals surface area contributed by atoms with Gasteiger partial charge in [0.2, 0.25) is 5.50 Å². The van der Waals surface area contributed by atoms with E-state index in [1.807, 2.05) is 36.4 Å². The molecule has 0 bridgehead atoms. The lowest BCUT2D eigenvalue weighted by molar-refractivity contribution is 0.225. The molecule has 0 N–H and O–H groups in total. The van der Waals surface area contributed by atoms with Crippen molar-refractivity contribution in [3.63, 3.8) is 0 Å². The van der Waals surface area contributed by atoms with Gasteiger partial charge in [0.15, 0.2) is 0 Å². The lowest BCUT2D eigenvalue weighted by Crippen LogP contribution is -2.19. The predicted molar refractivity (Wildman–Crippen MR) is 98.4 cm³/mol. The Morgan fingerprint density at radius 3 is 2.04 bits per heavy atom. The van der Waals surface area contributed by atoms with E-state index in [0.717, 1.165) is 5.56 Å². The standard InChI is InChI=1S/C19H19O5P/c1-3-22-25(21,23-4-2)19-17(14-10-6-5-7-11-14)15-12-8-9-13-16(15)18(20)24-19/h5-13H,3-4H2,1-2H3. The van der Waals surface area contributed by atoms with Gasteiger partial charge in [-0.25, -0.2) is 4.79 Å². The summed E-state index contributed by atoms with van der Waals surface area (Å²) in [6.07, 6.45) is 0. The van der Waals surface area contributed by atoms with Crippen LogP contribution in [0.2, 0.25) is 0 Å². The maximum Gasteiger partial charge on any atom is 0.397 e. The Bertz CT molecular complexity index is 968. The number of rotatable bonds is 6. The van der Waals surface area contributed by atoms with Crippen LogP contribution in [0.25, 0.3) is 21.9 Å². The van der Waals surface area contributed by atoms with Gasteiger partial charge in [-0.05, 0) is 25.5 Å². The highest BCUT2D eigenvalue weighted by molar-refractivity contribution is 7.62. The SMILES string of the molecule is CCOP(=O)(OCC)c1oc(=O)c2ccccc2c1-c1ccccc1. The van der Waals surface area contributed by atoms with Crippen LogP contribution in [0.3, 0.4) is 0 Å². The second-order valence-corrected chi connectivity index (χ2v) is 7.23. The summed E-state index contributed by atoms with van der Waals surface area (Å²) in [4.78, 5) is 12.4. The minimum absolute atomic E-state index is 0.0499. The quantitative estimate of drug-likeness (QED) is 0.613. The molecule has 0 fully saturated rings. The first kappa shape index (κ1) is 17.6. The summed E-state index contributed by atoms with van der Waals surface area (Å²) in [5.74, 6) is 0. The Balaban J connectivity index is 2.43. The second-order valence-electron chi connectivity index (χ2n) is 5.31. The Kier molecular flexibility index (Phi) is 5.19. The molecule has 6 heteroatoms. The van der Waals surface area contributed by atoms with E-state index >= 15 is 0 Å². The molecule has 0 amide bonds. The van der Waals surface area contributed by atoms with E-state index < -0.39 is 13.2 Å². The highest BCUT2D eigenvalue weighted by atomic mass is 31.2. The van der Waals surface area contributed by atoms with Crippen molar-refractivity contribution in [3.8, 4) is 11.1 Å². The summed E-state index contributed by atoms with van der Waals surface area (Å²) in [7, 11) is -3.77. The number of hydrogen-bond donors (Lipinski definition) is 0. The van der Waals surface area contributed by atoms with Crippen LogP contribution in [0.15, 0.2) is 63.8 Å². The molecule has 0 saturated heterocycles. The van der Waals surface area contributed by atoms with Gasteiger partial charge < -0.3 is 13.5 Å². The lowest BCUT2D eigenvalue weighted by atomic mass is 10.0. The average Bonchev–Trinajstić information content (AvgIpc) is 2.63. The third kappa shape index (κ3) is 3.31. The fourth-order valence-corrected chi connectivity index (χ4v) is 4.47. The van der Waals surface area contributed by atoms with Crippen LogP contribution in [-0.2, 0) is 13.6 Å². The first-order valence-corrected chi connectivity index (χ1v) is 9.66. The fourth-order valence-electron chi connectivity index (χ4n) is 2.76. The normalized spacial score (nSPS) is 11.8. The number of hydrogen-bond acceptors (Lipinski definition) is 5. The minimum atomic E-state index is -3.77. The Labute approximate surface area is 145 Å². The first-order chi connectivity index (χ1) is 12.1. The summed E-state index contributed by atoms with van der Waals surface area (Å²) >= 11 is 0. The molecule has 0 radical (unpaired) electrons. The van der Waals surface area contributed by atoms with Crippen LogP contribution in [0, 0.1) is 0 Å². The van der Waals surface area contributed by atoms with E-state index in [9.17, 15) is 9.36 Å². The molecule has 3 rings (SSSR count). The Morgan fingerprint density at radius 2 is 1.44 bits per heavy atom. The molecule has 3 aromatic rings. The third-order valence-electron chi connectivity index (χ3n) is 3.73. The van der Waals surface area contributed by atoms with Crippen LogP contribution >= 0.6 is 7.60 Å². The zero-order valence-corrected chi connectivity index (χ0v) is 15.0. The molecule has 0 unspecified atom stereocenters. The molecule has 1 aromatic heterocycles. The van der Waals surface area contributed by atoms with Gasteiger partial charge in [-0.3, -0.25) is 4.57 Å². The van der Waals surface area contributed by atoms with Gasteiger partial charge in [-0.1, -0.05) is 48.5 Å². The molecule has 0 spiro atoms. The van der Waals surface area contributed by atoms with Crippen LogP contribution in [0.5, 0.6) is 0 Å². The summed E-state index contributed by atoms with van der Waals surface area (Å²) in [5.41, 5.74) is 0.717. The van der Waals surface area contributed by atoms with Gasteiger partial charge in [0.05, 0.1) is 18.6 Å². The second kappa shape index (κ2) is 7.36. The van der Waals surface area contributed by atoms with Gasteiger partial charge in [0, 0.05) is 10.9 Å². The summed E-state index contributed by atoms with van der Waals surface area (Å²) in [6, 6.07) is 16.4. The van der Waals surface area contributed by atoms with Crippen molar-refractivity contribution >= 4 is 23.9 Å². The molecule has 0 aliphatic heterocycles. The zero-order valence-electron chi connectivity index (χ0n) is 14.1. The highest BCUT2D eigenvalue weighted by Crippen LogP contribution is 2.49.